The van der Waals surface area contributed by atoms with E-state index < -0.39 is 31.1 Å². The van der Waals surface area contributed by atoms with Crippen LogP contribution in [0.5, 0.6) is 0 Å². The second-order valence-corrected chi connectivity index (χ2v) is 10.1. The normalized spacial score (nSPS) is 15.3. The van der Waals surface area contributed by atoms with Crippen molar-refractivity contribution in [3.8, 4) is 0 Å². The van der Waals surface area contributed by atoms with Crippen LogP contribution in [-0.4, -0.2) is 36.1 Å². The highest BCUT2D eigenvalue weighted by Gasteiger charge is 2.41. The van der Waals surface area contributed by atoms with Gasteiger partial charge < -0.3 is 4.74 Å². The van der Waals surface area contributed by atoms with Crippen molar-refractivity contribution in [2.24, 2.45) is 5.92 Å². The second kappa shape index (κ2) is 7.99. The molecular weight excluding hydrogens is 349 g/mol. The molecule has 5 nitrogen and oxygen atoms in total. The summed E-state index contributed by atoms with van der Waals surface area (Å²) >= 11 is 12.5. The van der Waals surface area contributed by atoms with Gasteiger partial charge in [0.05, 0.1) is 17.4 Å². The minimum atomic E-state index is -3.64. The molecule has 0 aromatic carbocycles. The van der Waals surface area contributed by atoms with Crippen molar-refractivity contribution in [2.45, 2.75) is 56.7 Å². The van der Waals surface area contributed by atoms with E-state index in [9.17, 15) is 13.2 Å². The van der Waals surface area contributed by atoms with Crippen LogP contribution in [0.3, 0.4) is 0 Å². The van der Waals surface area contributed by atoms with Crippen molar-refractivity contribution in [3.63, 3.8) is 0 Å². The third kappa shape index (κ3) is 6.44. The number of halogens is 2. The van der Waals surface area contributed by atoms with Gasteiger partial charge >= 0.3 is 5.97 Å². The number of alkyl halides is 2. The van der Waals surface area contributed by atoms with Gasteiger partial charge in [-0.25, -0.2) is 17.9 Å². The summed E-state index contributed by atoms with van der Waals surface area (Å²) in [7, 11) is -3.64. The van der Waals surface area contributed by atoms with Crippen molar-refractivity contribution in [1.82, 2.24) is 4.72 Å². The van der Waals surface area contributed by atoms with Crippen molar-refractivity contribution < 1.29 is 17.9 Å². The molecule has 0 aromatic heterocycles. The number of carbonyl (C=O) groups excluding carboxylic acids is 1. The van der Waals surface area contributed by atoms with Gasteiger partial charge in [0.1, 0.15) is 0 Å². The van der Waals surface area contributed by atoms with Gasteiger partial charge in [-0.3, -0.25) is 0 Å². The standard InChI is InChI=1S/C14H25Cl2NO4S/c1-7-21-11(18)8-9-14(15,16)12(10(2)3)17-22(19,20)13(4,5)6/h8-10,12,17H,7H2,1-6H3/b9-8+/t12-/m0/s1. The summed E-state index contributed by atoms with van der Waals surface area (Å²) in [6.45, 7) is 10.2. The molecule has 0 spiro atoms. The Morgan fingerprint density at radius 3 is 2.14 bits per heavy atom. The highest BCUT2D eigenvalue weighted by Crippen LogP contribution is 2.33. The van der Waals surface area contributed by atoms with E-state index in [0.717, 1.165) is 6.08 Å². The van der Waals surface area contributed by atoms with E-state index in [1.165, 1.54) is 6.08 Å². The lowest BCUT2D eigenvalue weighted by Crippen LogP contribution is -2.53. The first-order chi connectivity index (χ1) is 9.74. The molecule has 0 aliphatic heterocycles. The van der Waals surface area contributed by atoms with Crippen LogP contribution < -0.4 is 4.72 Å². The van der Waals surface area contributed by atoms with Crippen LogP contribution in [-0.2, 0) is 19.6 Å². The maximum Gasteiger partial charge on any atom is 0.330 e. The fourth-order valence-electron chi connectivity index (χ4n) is 1.48. The molecule has 22 heavy (non-hydrogen) atoms. The van der Waals surface area contributed by atoms with E-state index in [2.05, 4.69) is 4.72 Å². The van der Waals surface area contributed by atoms with Crippen LogP contribution in [0.1, 0.15) is 41.5 Å². The summed E-state index contributed by atoms with van der Waals surface area (Å²) in [5, 5.41) is 0. The SMILES string of the molecule is CCOC(=O)/C=C/C(Cl)(Cl)[C@@H](NS(=O)(=O)C(C)(C)C)C(C)C. The number of carbonyl (C=O) groups is 1. The molecule has 1 atom stereocenters. The number of hydrogen-bond acceptors (Lipinski definition) is 4. The van der Waals surface area contributed by atoms with E-state index in [0.29, 0.717) is 0 Å². The fraction of sp³-hybridized carbons (Fsp3) is 0.786. The molecule has 0 amide bonds. The van der Waals surface area contributed by atoms with Gasteiger partial charge in [-0.2, -0.15) is 0 Å². The van der Waals surface area contributed by atoms with Crippen LogP contribution in [0.4, 0.5) is 0 Å². The second-order valence-electron chi connectivity index (χ2n) is 6.22. The third-order valence-corrected chi connectivity index (χ3v) is 5.80. The summed E-state index contributed by atoms with van der Waals surface area (Å²) in [5.74, 6) is -0.784. The summed E-state index contributed by atoms with van der Waals surface area (Å²) in [4.78, 5) is 11.4. The van der Waals surface area contributed by atoms with Crippen LogP contribution in [0.25, 0.3) is 0 Å². The molecule has 8 heteroatoms. The van der Waals surface area contributed by atoms with E-state index in [1.807, 2.05) is 0 Å². The van der Waals surface area contributed by atoms with Crippen LogP contribution in [0, 0.1) is 5.92 Å². The Balaban J connectivity index is 5.37. The molecule has 0 fully saturated rings. The van der Waals surface area contributed by atoms with E-state index in [-0.39, 0.29) is 12.5 Å². The van der Waals surface area contributed by atoms with Gasteiger partial charge in [0.15, 0.2) is 4.33 Å². The minimum absolute atomic E-state index is 0.195. The Morgan fingerprint density at radius 2 is 1.77 bits per heavy atom. The van der Waals surface area contributed by atoms with E-state index in [1.54, 1.807) is 41.5 Å². The van der Waals surface area contributed by atoms with Gasteiger partial charge in [0.25, 0.3) is 0 Å². The van der Waals surface area contributed by atoms with E-state index in [4.69, 9.17) is 27.9 Å². The maximum absolute atomic E-state index is 12.3. The zero-order valence-electron chi connectivity index (χ0n) is 13.8. The number of sulfonamides is 1. The lowest BCUT2D eigenvalue weighted by atomic mass is 10.0. The molecule has 0 rings (SSSR count). The average molecular weight is 374 g/mol. The maximum atomic E-state index is 12.3. The predicted molar refractivity (Wildman–Crippen MR) is 90.6 cm³/mol. The Bertz CT molecular complexity index is 507. The van der Waals surface area contributed by atoms with Crippen molar-refractivity contribution >= 4 is 39.2 Å². The molecule has 0 saturated carbocycles. The first-order valence-electron chi connectivity index (χ1n) is 7.00. The molecule has 1 N–H and O–H groups in total. The zero-order valence-corrected chi connectivity index (χ0v) is 16.1. The molecule has 0 unspecified atom stereocenters. The Kier molecular flexibility index (Phi) is 7.89. The van der Waals surface area contributed by atoms with E-state index >= 15 is 0 Å². The molecule has 0 aromatic rings. The van der Waals surface area contributed by atoms with Crippen molar-refractivity contribution in [3.05, 3.63) is 12.2 Å². The van der Waals surface area contributed by atoms with Crippen LogP contribution >= 0.6 is 23.2 Å². The molecular formula is C14H25Cl2NO4S. The fourth-order valence-corrected chi connectivity index (χ4v) is 3.49. The Labute approximate surface area is 143 Å². The number of hydrogen-bond donors (Lipinski definition) is 1. The zero-order chi connectivity index (χ0) is 17.8. The average Bonchev–Trinajstić information content (AvgIpc) is 2.32. The smallest absolute Gasteiger partial charge is 0.330 e. The number of ether oxygens (including phenoxy) is 1. The summed E-state index contributed by atoms with van der Waals surface area (Å²) < 4.78 is 29.3. The predicted octanol–water partition coefficient (Wildman–Crippen LogP) is 3.02. The summed E-state index contributed by atoms with van der Waals surface area (Å²) in [6, 6.07) is -0.800. The number of esters is 1. The topological polar surface area (TPSA) is 72.5 Å². The minimum Gasteiger partial charge on any atom is -0.463 e. The molecule has 0 aliphatic rings. The summed E-state index contributed by atoms with van der Waals surface area (Å²) in [5.41, 5.74) is 0. The first-order valence-corrected chi connectivity index (χ1v) is 9.24. The quantitative estimate of drug-likeness (QED) is 0.422. The highest BCUT2D eigenvalue weighted by molar-refractivity contribution is 7.90. The Hall–Kier alpha value is -0.300. The van der Waals surface area contributed by atoms with Crippen molar-refractivity contribution in [1.29, 1.82) is 0 Å². The molecule has 0 heterocycles. The third-order valence-electron chi connectivity index (χ3n) is 2.90. The van der Waals surface area contributed by atoms with Crippen LogP contribution in [0.15, 0.2) is 12.2 Å². The molecule has 0 saturated heterocycles. The molecule has 0 bridgehead atoms. The van der Waals surface area contributed by atoms with Gasteiger partial charge in [0.2, 0.25) is 10.0 Å². The largest absolute Gasteiger partial charge is 0.463 e. The highest BCUT2D eigenvalue weighted by atomic mass is 35.5. The molecule has 130 valence electrons. The van der Waals surface area contributed by atoms with Gasteiger partial charge in [-0.05, 0) is 39.7 Å². The van der Waals surface area contributed by atoms with Crippen LogP contribution in [0.2, 0.25) is 0 Å². The van der Waals surface area contributed by atoms with Gasteiger partial charge in [0, 0.05) is 6.08 Å². The van der Waals surface area contributed by atoms with Gasteiger partial charge in [-0.1, -0.05) is 37.0 Å². The number of nitrogens with one attached hydrogen (secondary N) is 1. The van der Waals surface area contributed by atoms with Crippen molar-refractivity contribution in [2.75, 3.05) is 6.61 Å². The Morgan fingerprint density at radius 1 is 1.27 bits per heavy atom. The number of rotatable bonds is 7. The summed E-state index contributed by atoms with van der Waals surface area (Å²) in [6.07, 6.45) is 2.34. The first kappa shape index (κ1) is 21.7. The van der Waals surface area contributed by atoms with Gasteiger partial charge in [-0.15, -0.1) is 0 Å². The monoisotopic (exact) mass is 373 g/mol. The lowest BCUT2D eigenvalue weighted by molar-refractivity contribution is -0.137. The molecule has 0 aliphatic carbocycles. The lowest BCUT2D eigenvalue weighted by Gasteiger charge is -2.33. The molecule has 0 radical (unpaired) electrons.